The Kier molecular flexibility index (Phi) is 7.04. The predicted octanol–water partition coefficient (Wildman–Crippen LogP) is 6.69. The molecule has 7 nitrogen and oxygen atoms in total. The minimum atomic E-state index is -5.00. The predicted molar refractivity (Wildman–Crippen MR) is 122 cm³/mol. The van der Waals surface area contributed by atoms with Crippen molar-refractivity contribution in [2.45, 2.75) is 44.4 Å². The van der Waals surface area contributed by atoms with Crippen LogP contribution in [0.5, 0.6) is 0 Å². The van der Waals surface area contributed by atoms with Gasteiger partial charge in [-0.2, -0.15) is 31.5 Å². The number of aliphatic hydroxyl groups is 1. The third-order valence-corrected chi connectivity index (χ3v) is 5.98. The van der Waals surface area contributed by atoms with Gasteiger partial charge in [0.25, 0.3) is 0 Å². The van der Waals surface area contributed by atoms with Gasteiger partial charge in [0.1, 0.15) is 11.3 Å². The molecule has 0 saturated carbocycles. The number of carbonyl (C=O) groups excluding carboxylic acids is 1. The van der Waals surface area contributed by atoms with E-state index in [9.17, 15) is 36.2 Å². The zero-order chi connectivity index (χ0) is 28.0. The Morgan fingerprint density at radius 3 is 2.24 bits per heavy atom. The van der Waals surface area contributed by atoms with Crippen molar-refractivity contribution in [3.05, 3.63) is 75.4 Å². The fraction of sp³-hybridized carbons (Fsp3) is 0.333. The van der Waals surface area contributed by atoms with Crippen LogP contribution in [0.15, 0.2) is 57.3 Å². The monoisotopic (exact) mass is 560 g/mol. The zero-order valence-electron chi connectivity index (χ0n) is 19.7. The summed E-state index contributed by atoms with van der Waals surface area (Å²) in [6.07, 6.45) is -10.0. The van der Waals surface area contributed by atoms with Crippen LogP contribution in [0.4, 0.5) is 26.3 Å². The van der Waals surface area contributed by atoms with Gasteiger partial charge in [0, 0.05) is 5.56 Å². The van der Waals surface area contributed by atoms with Crippen LogP contribution in [0.3, 0.4) is 0 Å². The maximum atomic E-state index is 13.5. The lowest BCUT2D eigenvalue weighted by molar-refractivity contribution is -0.143. The summed E-state index contributed by atoms with van der Waals surface area (Å²) in [6, 6.07) is 6.42. The Bertz CT molecular complexity index is 1360. The van der Waals surface area contributed by atoms with E-state index in [1.165, 1.54) is 13.8 Å². The van der Waals surface area contributed by atoms with Crippen LogP contribution in [0.2, 0.25) is 5.02 Å². The van der Waals surface area contributed by atoms with Crippen LogP contribution in [0.1, 0.15) is 46.6 Å². The number of carbonyl (C=O) groups is 1. The van der Waals surface area contributed by atoms with Gasteiger partial charge >= 0.3 is 12.4 Å². The number of Topliss-reactive ketones (excluding diaryl/α,β-unsaturated/α-hetero) is 1. The highest BCUT2D eigenvalue weighted by atomic mass is 35.5. The van der Waals surface area contributed by atoms with E-state index in [1.54, 1.807) is 24.3 Å². The molecular formula is C24H19ClF6N4O3. The molecule has 0 saturated heterocycles. The molecule has 4 rings (SSSR count). The van der Waals surface area contributed by atoms with Crippen LogP contribution in [-0.4, -0.2) is 33.6 Å². The van der Waals surface area contributed by atoms with Crippen molar-refractivity contribution in [1.82, 2.24) is 10.2 Å². The van der Waals surface area contributed by atoms with E-state index in [0.717, 1.165) is 5.01 Å². The molecule has 38 heavy (non-hydrogen) atoms. The van der Waals surface area contributed by atoms with Gasteiger partial charge in [0.2, 0.25) is 0 Å². The van der Waals surface area contributed by atoms with Gasteiger partial charge in [-0.05, 0) is 49.7 Å². The summed E-state index contributed by atoms with van der Waals surface area (Å²) in [4.78, 5) is 13.5. The zero-order valence-corrected chi connectivity index (χ0v) is 20.5. The second kappa shape index (κ2) is 9.70. The number of alkyl halides is 6. The second-order valence-electron chi connectivity index (χ2n) is 9.12. The third-order valence-electron chi connectivity index (χ3n) is 5.65. The van der Waals surface area contributed by atoms with Crippen molar-refractivity contribution in [2.75, 3.05) is 6.54 Å². The number of rotatable bonds is 6. The first kappa shape index (κ1) is 27.6. The summed E-state index contributed by atoms with van der Waals surface area (Å²) in [5, 5.41) is 23.4. The first-order valence-electron chi connectivity index (χ1n) is 11.0. The largest absolute Gasteiger partial charge is 0.416 e. The van der Waals surface area contributed by atoms with E-state index in [4.69, 9.17) is 16.1 Å². The quantitative estimate of drug-likeness (QED) is 0.268. The smallest absolute Gasteiger partial charge is 0.384 e. The maximum Gasteiger partial charge on any atom is 0.416 e. The number of benzene rings is 2. The van der Waals surface area contributed by atoms with Gasteiger partial charge in [-0.15, -0.1) is 0 Å². The Morgan fingerprint density at radius 1 is 1.08 bits per heavy atom. The molecule has 0 fully saturated rings. The average Bonchev–Trinajstić information content (AvgIpc) is 3.45. The molecule has 1 N–H and O–H groups in total. The first-order chi connectivity index (χ1) is 17.6. The molecule has 2 aromatic carbocycles. The van der Waals surface area contributed by atoms with Gasteiger partial charge in [-0.25, -0.2) is 0 Å². The summed E-state index contributed by atoms with van der Waals surface area (Å²) in [5.41, 5.74) is -4.76. The lowest BCUT2D eigenvalue weighted by Crippen LogP contribution is -2.30. The minimum Gasteiger partial charge on any atom is -0.384 e. The molecule has 1 aromatic heterocycles. The van der Waals surface area contributed by atoms with Gasteiger partial charge in [-0.1, -0.05) is 34.1 Å². The molecule has 1 atom stereocenters. The Morgan fingerprint density at radius 2 is 1.68 bits per heavy atom. The van der Waals surface area contributed by atoms with E-state index in [1.807, 2.05) is 0 Å². The first-order valence-corrected chi connectivity index (χ1v) is 11.4. The standard InChI is InChI=1S/C24H19ClF6N4O3/c1-22(2,37)21-18(20(38-33-21)15-5-3-4-6-16(15)25)19(36)17-11-35(34-32-17)10-12-7-13(23(26,27)28)9-14(8-12)24(29,30)31/h3-9,17,37H,10-11H2,1-2H3. The van der Waals surface area contributed by atoms with Gasteiger partial charge in [-0.3, -0.25) is 9.80 Å². The van der Waals surface area contributed by atoms with Crippen molar-refractivity contribution >= 4 is 17.4 Å². The average molecular weight is 561 g/mol. The number of nitrogens with zero attached hydrogens (tertiary/aromatic N) is 4. The third kappa shape index (κ3) is 5.68. The highest BCUT2D eigenvalue weighted by Gasteiger charge is 2.39. The molecule has 1 aliphatic rings. The number of ketones is 1. The molecule has 0 amide bonds. The van der Waals surface area contributed by atoms with Crippen molar-refractivity contribution in [3.8, 4) is 11.3 Å². The highest BCUT2D eigenvalue weighted by molar-refractivity contribution is 6.33. The Balaban J connectivity index is 1.63. The summed E-state index contributed by atoms with van der Waals surface area (Å²) < 4.78 is 84.6. The molecule has 0 radical (unpaired) electrons. The Labute approximate surface area is 216 Å². The van der Waals surface area contributed by atoms with E-state index >= 15 is 0 Å². The lowest BCUT2D eigenvalue weighted by Gasteiger charge is -2.18. The van der Waals surface area contributed by atoms with Crippen LogP contribution in [-0.2, 0) is 24.5 Å². The normalized spacial score (nSPS) is 16.4. The van der Waals surface area contributed by atoms with Crippen molar-refractivity contribution in [3.63, 3.8) is 0 Å². The molecular weight excluding hydrogens is 542 g/mol. The van der Waals surface area contributed by atoms with Gasteiger partial charge < -0.3 is 9.63 Å². The summed E-state index contributed by atoms with van der Waals surface area (Å²) in [6.45, 7) is 2.03. The number of hydrogen-bond acceptors (Lipinski definition) is 7. The minimum absolute atomic E-state index is 0.0286. The number of hydrogen-bond donors (Lipinski definition) is 1. The molecule has 202 valence electrons. The van der Waals surface area contributed by atoms with E-state index in [0.29, 0.717) is 17.7 Å². The van der Waals surface area contributed by atoms with Crippen LogP contribution < -0.4 is 0 Å². The van der Waals surface area contributed by atoms with Crippen molar-refractivity contribution in [1.29, 1.82) is 0 Å². The molecule has 0 aliphatic carbocycles. The molecule has 14 heteroatoms. The molecule has 0 bridgehead atoms. The summed E-state index contributed by atoms with van der Waals surface area (Å²) >= 11 is 6.25. The molecule has 3 aromatic rings. The van der Waals surface area contributed by atoms with E-state index in [2.05, 4.69) is 15.5 Å². The Hall–Kier alpha value is -3.45. The van der Waals surface area contributed by atoms with Gasteiger partial charge in [0.05, 0.1) is 34.8 Å². The molecule has 1 unspecified atom stereocenters. The number of halogens is 7. The van der Waals surface area contributed by atoms with Crippen LogP contribution in [0.25, 0.3) is 11.3 Å². The topological polar surface area (TPSA) is 91.3 Å². The van der Waals surface area contributed by atoms with Crippen molar-refractivity contribution < 1.29 is 40.8 Å². The number of aromatic nitrogens is 1. The fourth-order valence-electron chi connectivity index (χ4n) is 3.89. The van der Waals surface area contributed by atoms with Gasteiger partial charge in [0.15, 0.2) is 17.6 Å². The lowest BCUT2D eigenvalue weighted by atomic mass is 9.92. The SMILES string of the molecule is CC(C)(O)c1noc(-c2ccccc2Cl)c1C(=O)C1CN(Cc2cc(C(F)(F)F)cc(C(F)(F)F)c2)N=N1. The van der Waals surface area contributed by atoms with E-state index < -0.39 is 47.5 Å². The highest BCUT2D eigenvalue weighted by Crippen LogP contribution is 2.38. The van der Waals surface area contributed by atoms with Crippen molar-refractivity contribution in [2.24, 2.45) is 10.3 Å². The fourth-order valence-corrected chi connectivity index (χ4v) is 4.11. The van der Waals surface area contributed by atoms with Crippen LogP contribution >= 0.6 is 11.6 Å². The second-order valence-corrected chi connectivity index (χ2v) is 9.53. The molecule has 1 aliphatic heterocycles. The molecule has 2 heterocycles. The van der Waals surface area contributed by atoms with E-state index in [-0.39, 0.29) is 40.2 Å². The summed E-state index contributed by atoms with van der Waals surface area (Å²) in [5.74, 6) is -0.705. The summed E-state index contributed by atoms with van der Waals surface area (Å²) in [7, 11) is 0. The molecule has 0 spiro atoms. The van der Waals surface area contributed by atoms with Crippen LogP contribution in [0, 0.1) is 0 Å². The maximum absolute atomic E-state index is 13.5.